The van der Waals surface area contributed by atoms with E-state index >= 15 is 0 Å². The van der Waals surface area contributed by atoms with Crippen LogP contribution in [0, 0.1) is 12.3 Å². The van der Waals surface area contributed by atoms with Gasteiger partial charge in [0.25, 0.3) is 0 Å². The van der Waals surface area contributed by atoms with Gasteiger partial charge in [0.15, 0.2) is 0 Å². The van der Waals surface area contributed by atoms with Crippen LogP contribution in [0.4, 0.5) is 5.82 Å². The molecule has 0 radical (unpaired) electrons. The van der Waals surface area contributed by atoms with Crippen molar-refractivity contribution in [3.8, 4) is 12.3 Å². The highest BCUT2D eigenvalue weighted by Gasteiger charge is 2.02. The van der Waals surface area contributed by atoms with Gasteiger partial charge in [0.1, 0.15) is 16.7 Å². The predicted octanol–water partition coefficient (Wildman–Crippen LogP) is 2.06. The van der Waals surface area contributed by atoms with Gasteiger partial charge in [0.2, 0.25) is 0 Å². The average molecular weight is 240 g/mol. The quantitative estimate of drug-likeness (QED) is 0.649. The topological polar surface area (TPSA) is 37.8 Å². The molecule has 0 saturated heterocycles. The number of hydrogen-bond acceptors (Lipinski definition) is 3. The highest BCUT2D eigenvalue weighted by Crippen LogP contribution is 2.10. The lowest BCUT2D eigenvalue weighted by Gasteiger charge is -2.10. The van der Waals surface area contributed by atoms with Gasteiger partial charge in [-0.3, -0.25) is 0 Å². The fourth-order valence-electron chi connectivity index (χ4n) is 0.853. The zero-order chi connectivity index (χ0) is 9.68. The van der Waals surface area contributed by atoms with Crippen molar-refractivity contribution >= 4 is 21.7 Å². The van der Waals surface area contributed by atoms with Gasteiger partial charge in [-0.1, -0.05) is 12.8 Å². The number of halogens is 1. The Bertz CT molecular complexity index is 319. The lowest BCUT2D eigenvalue weighted by atomic mass is 10.2. The molecule has 1 aromatic heterocycles. The average Bonchev–Trinajstić information content (AvgIpc) is 2.14. The van der Waals surface area contributed by atoms with Crippen LogP contribution >= 0.6 is 15.9 Å². The van der Waals surface area contributed by atoms with Crippen LogP contribution in [-0.4, -0.2) is 16.0 Å². The van der Waals surface area contributed by atoms with E-state index in [1.165, 1.54) is 6.33 Å². The van der Waals surface area contributed by atoms with E-state index in [-0.39, 0.29) is 6.04 Å². The van der Waals surface area contributed by atoms with E-state index in [1.54, 1.807) is 6.07 Å². The maximum atomic E-state index is 5.30. The van der Waals surface area contributed by atoms with Crippen molar-refractivity contribution in [2.45, 2.75) is 19.4 Å². The monoisotopic (exact) mass is 239 g/mol. The molecule has 13 heavy (non-hydrogen) atoms. The summed E-state index contributed by atoms with van der Waals surface area (Å²) in [5.41, 5.74) is 0. The zero-order valence-electron chi connectivity index (χ0n) is 7.29. The van der Waals surface area contributed by atoms with Crippen LogP contribution in [0.3, 0.4) is 0 Å². The number of anilines is 1. The van der Waals surface area contributed by atoms with Crippen LogP contribution in [0.1, 0.15) is 13.3 Å². The molecule has 0 aliphatic heterocycles. The molecule has 0 spiro atoms. The molecule has 0 saturated carbocycles. The maximum absolute atomic E-state index is 5.30. The van der Waals surface area contributed by atoms with Crippen molar-refractivity contribution in [1.82, 2.24) is 9.97 Å². The van der Waals surface area contributed by atoms with Gasteiger partial charge in [-0.25, -0.2) is 9.97 Å². The third kappa shape index (κ3) is 3.03. The van der Waals surface area contributed by atoms with Crippen LogP contribution < -0.4 is 5.32 Å². The van der Waals surface area contributed by atoms with E-state index in [9.17, 15) is 0 Å². The Hall–Kier alpha value is -1.08. The van der Waals surface area contributed by atoms with E-state index in [0.717, 1.165) is 16.8 Å². The molecule has 0 fully saturated rings. The number of nitrogens with one attached hydrogen (secondary N) is 1. The molecule has 1 atom stereocenters. The summed E-state index contributed by atoms with van der Waals surface area (Å²) in [6.45, 7) is 2.02. The van der Waals surface area contributed by atoms with Crippen molar-refractivity contribution in [2.24, 2.45) is 0 Å². The van der Waals surface area contributed by atoms with Crippen LogP contribution in [0.5, 0.6) is 0 Å². The maximum Gasteiger partial charge on any atom is 0.131 e. The fraction of sp³-hybridized carbons (Fsp3) is 0.333. The van der Waals surface area contributed by atoms with Crippen LogP contribution in [0.15, 0.2) is 17.0 Å². The molecule has 0 bridgehead atoms. The lowest BCUT2D eigenvalue weighted by Crippen LogP contribution is -2.16. The van der Waals surface area contributed by atoms with Crippen molar-refractivity contribution < 1.29 is 0 Å². The standard InChI is InChI=1S/C9H10BrN3/c1-3-7(4-2)13-9-5-8(10)11-6-12-9/h1,5-7H,4H2,2H3,(H,11,12,13). The Morgan fingerprint density at radius 2 is 2.46 bits per heavy atom. The van der Waals surface area contributed by atoms with E-state index in [4.69, 9.17) is 6.42 Å². The third-order valence-corrected chi connectivity index (χ3v) is 2.00. The first-order valence-electron chi connectivity index (χ1n) is 3.96. The summed E-state index contributed by atoms with van der Waals surface area (Å²) in [4.78, 5) is 7.94. The molecule has 3 nitrogen and oxygen atoms in total. The molecule has 1 N–H and O–H groups in total. The zero-order valence-corrected chi connectivity index (χ0v) is 8.87. The number of nitrogens with zero attached hydrogens (tertiary/aromatic N) is 2. The second-order valence-corrected chi connectivity index (χ2v) is 3.31. The number of hydrogen-bond donors (Lipinski definition) is 1. The van der Waals surface area contributed by atoms with Crippen LogP contribution in [-0.2, 0) is 0 Å². The van der Waals surface area contributed by atoms with E-state index in [0.29, 0.717) is 0 Å². The number of rotatable bonds is 3. The highest BCUT2D eigenvalue weighted by molar-refractivity contribution is 9.10. The summed E-state index contributed by atoms with van der Waals surface area (Å²) in [6.07, 6.45) is 7.66. The molecule has 1 rings (SSSR count). The first kappa shape index (κ1) is 10.0. The normalized spacial score (nSPS) is 11.8. The van der Waals surface area contributed by atoms with Crippen molar-refractivity contribution in [2.75, 3.05) is 5.32 Å². The van der Waals surface area contributed by atoms with Crippen molar-refractivity contribution in [1.29, 1.82) is 0 Å². The minimum atomic E-state index is 0.0294. The minimum absolute atomic E-state index is 0.0294. The van der Waals surface area contributed by atoms with E-state index in [2.05, 4.69) is 37.1 Å². The summed E-state index contributed by atoms with van der Waals surface area (Å²) in [5, 5.41) is 3.10. The van der Waals surface area contributed by atoms with Crippen molar-refractivity contribution in [3.05, 3.63) is 17.0 Å². The molecule has 4 heteroatoms. The number of terminal acetylenes is 1. The smallest absolute Gasteiger partial charge is 0.131 e. The van der Waals surface area contributed by atoms with Gasteiger partial charge in [-0.15, -0.1) is 6.42 Å². The highest BCUT2D eigenvalue weighted by atomic mass is 79.9. The SMILES string of the molecule is C#CC(CC)Nc1cc(Br)ncn1. The molecular weight excluding hydrogens is 230 g/mol. The van der Waals surface area contributed by atoms with Gasteiger partial charge in [-0.05, 0) is 22.4 Å². The molecule has 1 aromatic rings. The molecule has 0 aliphatic rings. The first-order valence-corrected chi connectivity index (χ1v) is 4.75. The molecule has 1 heterocycles. The summed E-state index contributed by atoms with van der Waals surface area (Å²) in [5.74, 6) is 3.38. The molecule has 1 unspecified atom stereocenters. The molecule has 0 amide bonds. The predicted molar refractivity (Wildman–Crippen MR) is 56.3 cm³/mol. The summed E-state index contributed by atoms with van der Waals surface area (Å²) in [6, 6.07) is 1.82. The van der Waals surface area contributed by atoms with E-state index in [1.807, 2.05) is 6.92 Å². The Morgan fingerprint density at radius 1 is 1.69 bits per heavy atom. The van der Waals surface area contributed by atoms with E-state index < -0.39 is 0 Å². The number of aromatic nitrogens is 2. The van der Waals surface area contributed by atoms with Gasteiger partial charge >= 0.3 is 0 Å². The Kier molecular flexibility index (Phi) is 3.71. The third-order valence-electron chi connectivity index (χ3n) is 1.57. The Labute approximate surface area is 86.1 Å². The molecule has 0 aromatic carbocycles. The lowest BCUT2D eigenvalue weighted by molar-refractivity contribution is 0.848. The van der Waals surface area contributed by atoms with Gasteiger partial charge < -0.3 is 5.32 Å². The fourth-order valence-corrected chi connectivity index (χ4v) is 1.16. The van der Waals surface area contributed by atoms with Crippen molar-refractivity contribution in [3.63, 3.8) is 0 Å². The summed E-state index contributed by atoms with van der Waals surface area (Å²) < 4.78 is 0.747. The second-order valence-electron chi connectivity index (χ2n) is 2.50. The Morgan fingerprint density at radius 3 is 3.00 bits per heavy atom. The molecule has 0 aliphatic carbocycles. The molecule has 68 valence electrons. The minimum Gasteiger partial charge on any atom is -0.356 e. The van der Waals surface area contributed by atoms with Crippen LogP contribution in [0.25, 0.3) is 0 Å². The second kappa shape index (κ2) is 4.83. The largest absolute Gasteiger partial charge is 0.356 e. The molecular formula is C9H10BrN3. The summed E-state index contributed by atoms with van der Waals surface area (Å²) in [7, 11) is 0. The van der Waals surface area contributed by atoms with Gasteiger partial charge in [0.05, 0.1) is 6.04 Å². The van der Waals surface area contributed by atoms with Gasteiger partial charge in [-0.2, -0.15) is 0 Å². The summed E-state index contributed by atoms with van der Waals surface area (Å²) >= 11 is 3.25. The van der Waals surface area contributed by atoms with Gasteiger partial charge in [0, 0.05) is 6.07 Å². The Balaban J connectivity index is 2.69. The van der Waals surface area contributed by atoms with Crippen LogP contribution in [0.2, 0.25) is 0 Å². The first-order chi connectivity index (χ1) is 6.26.